The molecule has 34 heavy (non-hydrogen) atoms. The second-order valence-electron chi connectivity index (χ2n) is 8.80. The Morgan fingerprint density at radius 2 is 1.32 bits per heavy atom. The molecule has 0 aromatic rings. The summed E-state index contributed by atoms with van der Waals surface area (Å²) in [4.78, 5) is 12.4. The quantitative estimate of drug-likeness (QED) is 0.0884. The highest BCUT2D eigenvalue weighted by Crippen LogP contribution is 2.52. The van der Waals surface area contributed by atoms with E-state index < -0.39 is 42.8 Å². The second kappa shape index (κ2) is 19.4. The third-order valence-corrected chi connectivity index (χ3v) is 9.98. The van der Waals surface area contributed by atoms with E-state index in [-0.39, 0.29) is 6.61 Å². The maximum Gasteiger partial charge on any atom is 0.508 e. The highest BCUT2D eigenvalue weighted by molar-refractivity contribution is 7.80. The Morgan fingerprint density at radius 3 is 1.76 bits per heavy atom. The van der Waals surface area contributed by atoms with E-state index in [1.54, 1.807) is 0 Å². The molecule has 0 aliphatic heterocycles. The van der Waals surface area contributed by atoms with E-state index in [1.807, 2.05) is 20.8 Å². The maximum absolute atomic E-state index is 12.4. The molecule has 3 atom stereocenters. The molecular formula is C23H50O7S2Si2. The van der Waals surface area contributed by atoms with Crippen LogP contribution in [0.2, 0.25) is 0 Å². The molecule has 3 unspecified atom stereocenters. The van der Waals surface area contributed by atoms with Crippen LogP contribution < -0.4 is 0 Å². The number of hydrogen-bond acceptors (Lipinski definition) is 9. The Morgan fingerprint density at radius 1 is 0.794 bits per heavy atom. The van der Waals surface area contributed by atoms with Crippen LogP contribution in [0.1, 0.15) is 86.5 Å². The Kier molecular flexibility index (Phi) is 19.5. The van der Waals surface area contributed by atoms with Gasteiger partial charge in [-0.15, -0.1) is 0 Å². The number of thiol groups is 2. The summed E-state index contributed by atoms with van der Waals surface area (Å²) in [5.74, 6) is 1.54. The molecule has 0 aromatic heterocycles. The number of carbonyl (C=O) groups is 1. The van der Waals surface area contributed by atoms with E-state index in [9.17, 15) is 4.79 Å². The number of carbonyl (C=O) groups excluding carboxylic acids is 1. The Hall–Kier alpha value is 0.244. The van der Waals surface area contributed by atoms with Crippen LogP contribution in [0.5, 0.6) is 0 Å². The van der Waals surface area contributed by atoms with Gasteiger partial charge in [0.15, 0.2) is 0 Å². The van der Waals surface area contributed by atoms with Gasteiger partial charge >= 0.3 is 26.2 Å². The van der Waals surface area contributed by atoms with Crippen molar-refractivity contribution in [1.29, 1.82) is 0 Å². The van der Waals surface area contributed by atoms with Gasteiger partial charge in [0.1, 0.15) is 6.61 Å². The molecule has 11 heteroatoms. The molecule has 0 amide bonds. The summed E-state index contributed by atoms with van der Waals surface area (Å²) in [5, 5.41) is 0. The average Bonchev–Trinajstić information content (AvgIpc) is 2.82. The van der Waals surface area contributed by atoms with Crippen LogP contribution in [-0.4, -0.2) is 75.3 Å². The van der Waals surface area contributed by atoms with Crippen molar-refractivity contribution in [2.24, 2.45) is 5.41 Å². The molecule has 0 aliphatic carbocycles. The van der Waals surface area contributed by atoms with E-state index in [0.29, 0.717) is 26.2 Å². The molecule has 7 nitrogen and oxygen atoms in total. The lowest BCUT2D eigenvalue weighted by molar-refractivity contribution is -0.196. The zero-order chi connectivity index (χ0) is 25.9. The second-order valence-corrected chi connectivity index (χ2v) is 11.6. The van der Waals surface area contributed by atoms with Gasteiger partial charge in [-0.05, 0) is 84.1 Å². The summed E-state index contributed by atoms with van der Waals surface area (Å²) >= 11 is 8.87. The standard InChI is InChI=1S/C23H50O7S2Si2/c1-7-16-25-20(24)26-19-23(8-2,22(6,15-13-18-32)30-34-28-10-4)21(5,14-11-12-17-31)29-33-27-9-3/h31-32H,7-19,33-34H2,1-6H3. The number of hydrogen-bond donors (Lipinski definition) is 2. The fourth-order valence-corrected chi connectivity index (χ4v) is 6.77. The summed E-state index contributed by atoms with van der Waals surface area (Å²) in [6, 6.07) is 0. The zero-order valence-electron chi connectivity index (χ0n) is 22.4. The van der Waals surface area contributed by atoms with Crippen molar-refractivity contribution in [3.63, 3.8) is 0 Å². The van der Waals surface area contributed by atoms with Crippen molar-refractivity contribution in [2.75, 3.05) is 37.9 Å². The van der Waals surface area contributed by atoms with E-state index in [0.717, 1.165) is 50.0 Å². The third kappa shape index (κ3) is 10.7. The van der Waals surface area contributed by atoms with Gasteiger partial charge in [0.25, 0.3) is 0 Å². The predicted molar refractivity (Wildman–Crippen MR) is 150 cm³/mol. The predicted octanol–water partition coefficient (Wildman–Crippen LogP) is 4.38. The van der Waals surface area contributed by atoms with Crippen molar-refractivity contribution in [1.82, 2.24) is 0 Å². The van der Waals surface area contributed by atoms with Gasteiger partial charge in [0.2, 0.25) is 0 Å². The van der Waals surface area contributed by atoms with Gasteiger partial charge in [-0.2, -0.15) is 25.3 Å². The van der Waals surface area contributed by atoms with Gasteiger partial charge in [-0.1, -0.05) is 13.8 Å². The molecule has 0 aliphatic rings. The lowest BCUT2D eigenvalue weighted by atomic mass is 9.58. The molecule has 0 radical (unpaired) electrons. The van der Waals surface area contributed by atoms with Crippen LogP contribution in [0.15, 0.2) is 0 Å². The molecule has 0 heterocycles. The molecule has 0 saturated carbocycles. The lowest BCUT2D eigenvalue weighted by Gasteiger charge is -2.57. The number of unbranched alkanes of at least 4 members (excludes halogenated alkanes) is 1. The van der Waals surface area contributed by atoms with E-state index in [1.165, 1.54) is 0 Å². The van der Waals surface area contributed by atoms with Crippen molar-refractivity contribution in [3.05, 3.63) is 0 Å². The minimum Gasteiger partial charge on any atom is -0.434 e. The molecule has 0 fully saturated rings. The van der Waals surface area contributed by atoms with Crippen LogP contribution in [0.3, 0.4) is 0 Å². The maximum atomic E-state index is 12.4. The van der Waals surface area contributed by atoms with Gasteiger partial charge in [0, 0.05) is 13.2 Å². The normalized spacial score (nSPS) is 17.6. The topological polar surface area (TPSA) is 72.5 Å². The number of ether oxygens (including phenoxy) is 2. The highest BCUT2D eigenvalue weighted by Gasteiger charge is 2.59. The monoisotopic (exact) mass is 558 g/mol. The van der Waals surface area contributed by atoms with Crippen molar-refractivity contribution < 1.29 is 32.0 Å². The first-order valence-corrected chi connectivity index (χ1v) is 16.3. The Bertz CT molecular complexity index is 524. The highest BCUT2D eigenvalue weighted by atomic mass is 32.1. The largest absolute Gasteiger partial charge is 0.508 e. The molecule has 0 bridgehead atoms. The fourth-order valence-electron chi connectivity index (χ4n) is 4.52. The van der Waals surface area contributed by atoms with Crippen molar-refractivity contribution in [3.8, 4) is 0 Å². The Balaban J connectivity index is 6.42. The van der Waals surface area contributed by atoms with Crippen molar-refractivity contribution >= 4 is 51.4 Å². The van der Waals surface area contributed by atoms with Crippen LogP contribution >= 0.6 is 25.3 Å². The summed E-state index contributed by atoms with van der Waals surface area (Å²) in [6.45, 7) is 14.0. The zero-order valence-corrected chi connectivity index (χ0v) is 27.0. The first-order chi connectivity index (χ1) is 16.3. The summed E-state index contributed by atoms with van der Waals surface area (Å²) in [6.07, 6.45) is 5.07. The molecule has 0 N–H and O–H groups in total. The SMILES string of the molecule is CCCOC(=O)OCC(CC)(C(C)(CCCS)O[SiH2]OCC)C(C)(CCCCS)O[SiH2]OCC. The van der Waals surface area contributed by atoms with Gasteiger partial charge < -0.3 is 27.2 Å². The molecule has 0 saturated heterocycles. The Labute approximate surface area is 224 Å². The molecule has 204 valence electrons. The van der Waals surface area contributed by atoms with E-state index >= 15 is 0 Å². The fraction of sp³-hybridized carbons (Fsp3) is 0.957. The summed E-state index contributed by atoms with van der Waals surface area (Å²) in [7, 11) is -2.50. The van der Waals surface area contributed by atoms with E-state index in [2.05, 4.69) is 46.0 Å². The summed E-state index contributed by atoms with van der Waals surface area (Å²) in [5.41, 5.74) is -1.92. The van der Waals surface area contributed by atoms with Crippen LogP contribution in [0.25, 0.3) is 0 Å². The molecular weight excluding hydrogens is 509 g/mol. The summed E-state index contributed by atoms with van der Waals surface area (Å²) < 4.78 is 35.8. The van der Waals surface area contributed by atoms with Crippen LogP contribution in [-0.2, 0) is 27.2 Å². The number of rotatable bonds is 22. The van der Waals surface area contributed by atoms with Gasteiger partial charge in [-0.3, -0.25) is 0 Å². The van der Waals surface area contributed by atoms with Crippen LogP contribution in [0.4, 0.5) is 4.79 Å². The van der Waals surface area contributed by atoms with Crippen LogP contribution in [0, 0.1) is 5.41 Å². The minimum absolute atomic E-state index is 0.132. The smallest absolute Gasteiger partial charge is 0.434 e. The van der Waals surface area contributed by atoms with Gasteiger partial charge in [-0.25, -0.2) is 4.79 Å². The first-order valence-electron chi connectivity index (χ1n) is 12.7. The molecule has 0 spiro atoms. The van der Waals surface area contributed by atoms with Crippen molar-refractivity contribution in [2.45, 2.75) is 97.7 Å². The van der Waals surface area contributed by atoms with E-state index in [4.69, 9.17) is 27.2 Å². The first kappa shape index (κ1) is 34.2. The average molecular weight is 559 g/mol. The molecule has 0 rings (SSSR count). The van der Waals surface area contributed by atoms with Gasteiger partial charge in [0.05, 0.1) is 23.2 Å². The molecule has 0 aromatic carbocycles. The minimum atomic E-state index is -1.25. The lowest BCUT2D eigenvalue weighted by Crippen LogP contribution is -2.64. The third-order valence-electron chi connectivity index (χ3n) is 6.69.